The number of alkyl halides is 3. The lowest BCUT2D eigenvalue weighted by atomic mass is 9.97. The van der Waals surface area contributed by atoms with Gasteiger partial charge in [-0.3, -0.25) is 0 Å². The second kappa shape index (κ2) is 6.45. The van der Waals surface area contributed by atoms with Gasteiger partial charge in [0.1, 0.15) is 0 Å². The predicted octanol–water partition coefficient (Wildman–Crippen LogP) is 2.26. The molecule has 0 aromatic carbocycles. The fraction of sp³-hybridized carbons (Fsp3) is 1.00. The summed E-state index contributed by atoms with van der Waals surface area (Å²) >= 11 is 0. The molecule has 5 heteroatoms. The molecule has 0 bridgehead atoms. The first-order valence-electron chi connectivity index (χ1n) is 5.93. The lowest BCUT2D eigenvalue weighted by Gasteiger charge is -2.29. The number of piperidine rings is 1. The van der Waals surface area contributed by atoms with E-state index in [1.807, 2.05) is 0 Å². The van der Waals surface area contributed by atoms with Gasteiger partial charge < -0.3 is 10.2 Å². The van der Waals surface area contributed by atoms with Gasteiger partial charge in [0.25, 0.3) is 0 Å². The summed E-state index contributed by atoms with van der Waals surface area (Å²) in [5, 5.41) is 3.12. The van der Waals surface area contributed by atoms with Gasteiger partial charge in [-0.05, 0) is 58.4 Å². The van der Waals surface area contributed by atoms with Gasteiger partial charge in [-0.1, -0.05) is 0 Å². The van der Waals surface area contributed by atoms with Crippen LogP contribution in [0.15, 0.2) is 0 Å². The van der Waals surface area contributed by atoms with Gasteiger partial charge in [0, 0.05) is 6.42 Å². The normalized spacial score (nSPS) is 20.2. The maximum absolute atomic E-state index is 11.8. The molecule has 0 spiro atoms. The SMILES string of the molecule is CN1CCC(CNCCCC(F)(F)F)CC1. The summed E-state index contributed by atoms with van der Waals surface area (Å²) in [5.41, 5.74) is 0. The van der Waals surface area contributed by atoms with Gasteiger partial charge in [-0.2, -0.15) is 13.2 Å². The average Bonchev–Trinajstić information content (AvgIpc) is 2.19. The lowest BCUT2D eigenvalue weighted by Crippen LogP contribution is -2.35. The van der Waals surface area contributed by atoms with Crippen LogP contribution < -0.4 is 5.32 Å². The first-order chi connectivity index (χ1) is 7.47. The molecular formula is C11H21F3N2. The Bertz CT molecular complexity index is 186. The van der Waals surface area contributed by atoms with Crippen molar-refractivity contribution in [1.29, 1.82) is 0 Å². The van der Waals surface area contributed by atoms with Crippen LogP contribution in [0.5, 0.6) is 0 Å². The van der Waals surface area contributed by atoms with E-state index in [4.69, 9.17) is 0 Å². The molecule has 0 aliphatic carbocycles. The predicted molar refractivity (Wildman–Crippen MR) is 58.4 cm³/mol. The maximum Gasteiger partial charge on any atom is 0.389 e. The fourth-order valence-corrected chi connectivity index (χ4v) is 1.99. The van der Waals surface area contributed by atoms with Crippen LogP contribution in [-0.2, 0) is 0 Å². The largest absolute Gasteiger partial charge is 0.389 e. The molecule has 96 valence electrons. The molecule has 1 aliphatic heterocycles. The molecule has 16 heavy (non-hydrogen) atoms. The molecule has 0 unspecified atom stereocenters. The van der Waals surface area contributed by atoms with Crippen LogP contribution in [0.2, 0.25) is 0 Å². The van der Waals surface area contributed by atoms with Gasteiger partial charge >= 0.3 is 6.18 Å². The van der Waals surface area contributed by atoms with Gasteiger partial charge in [0.15, 0.2) is 0 Å². The Morgan fingerprint density at radius 1 is 1.25 bits per heavy atom. The van der Waals surface area contributed by atoms with Crippen molar-refractivity contribution in [1.82, 2.24) is 10.2 Å². The number of nitrogens with one attached hydrogen (secondary N) is 1. The third-order valence-electron chi connectivity index (χ3n) is 3.08. The van der Waals surface area contributed by atoms with Crippen molar-refractivity contribution in [2.75, 3.05) is 33.2 Å². The van der Waals surface area contributed by atoms with Crippen LogP contribution in [0.3, 0.4) is 0 Å². The second-order valence-corrected chi connectivity index (χ2v) is 4.67. The zero-order valence-corrected chi connectivity index (χ0v) is 9.82. The molecule has 1 saturated heterocycles. The van der Waals surface area contributed by atoms with Gasteiger partial charge in [0.2, 0.25) is 0 Å². The fourth-order valence-electron chi connectivity index (χ4n) is 1.99. The summed E-state index contributed by atoms with van der Waals surface area (Å²) in [6.07, 6.45) is -2.18. The van der Waals surface area contributed by atoms with E-state index in [1.54, 1.807) is 0 Å². The molecule has 0 aromatic heterocycles. The first kappa shape index (κ1) is 13.8. The van der Waals surface area contributed by atoms with Gasteiger partial charge in [-0.25, -0.2) is 0 Å². The van der Waals surface area contributed by atoms with E-state index in [2.05, 4.69) is 17.3 Å². The minimum absolute atomic E-state index is 0.191. The van der Waals surface area contributed by atoms with Crippen LogP contribution >= 0.6 is 0 Å². The zero-order chi connectivity index (χ0) is 12.0. The van der Waals surface area contributed by atoms with Crippen molar-refractivity contribution >= 4 is 0 Å². The summed E-state index contributed by atoms with van der Waals surface area (Å²) in [6, 6.07) is 0. The molecule has 0 radical (unpaired) electrons. The zero-order valence-electron chi connectivity index (χ0n) is 9.82. The Balaban J connectivity index is 1.95. The number of rotatable bonds is 5. The van der Waals surface area contributed by atoms with Crippen molar-refractivity contribution in [3.05, 3.63) is 0 Å². The molecule has 0 saturated carbocycles. The van der Waals surface area contributed by atoms with Crippen LogP contribution in [-0.4, -0.2) is 44.3 Å². The highest BCUT2D eigenvalue weighted by atomic mass is 19.4. The molecule has 1 aliphatic rings. The molecule has 2 nitrogen and oxygen atoms in total. The van der Waals surface area contributed by atoms with E-state index in [9.17, 15) is 13.2 Å². The minimum atomic E-state index is -4.00. The van der Waals surface area contributed by atoms with E-state index < -0.39 is 12.6 Å². The topological polar surface area (TPSA) is 15.3 Å². The Morgan fingerprint density at radius 2 is 1.88 bits per heavy atom. The molecular weight excluding hydrogens is 217 g/mol. The van der Waals surface area contributed by atoms with Crippen molar-refractivity contribution in [2.24, 2.45) is 5.92 Å². The number of halogens is 3. The van der Waals surface area contributed by atoms with Crippen molar-refractivity contribution in [2.45, 2.75) is 31.9 Å². The highest BCUT2D eigenvalue weighted by Crippen LogP contribution is 2.20. The molecule has 1 rings (SSSR count). The summed E-state index contributed by atoms with van der Waals surface area (Å²) in [7, 11) is 2.10. The molecule has 0 aromatic rings. The van der Waals surface area contributed by atoms with Gasteiger partial charge in [0.05, 0.1) is 0 Å². The summed E-state index contributed by atoms with van der Waals surface area (Å²) in [5.74, 6) is 0.641. The first-order valence-corrected chi connectivity index (χ1v) is 5.93. The maximum atomic E-state index is 11.8. The van der Waals surface area contributed by atoms with E-state index in [1.165, 1.54) is 0 Å². The molecule has 1 fully saturated rings. The highest BCUT2D eigenvalue weighted by molar-refractivity contribution is 4.71. The summed E-state index contributed by atoms with van der Waals surface area (Å²) < 4.78 is 35.5. The summed E-state index contributed by atoms with van der Waals surface area (Å²) in [4.78, 5) is 2.29. The van der Waals surface area contributed by atoms with Crippen LogP contribution in [0.4, 0.5) is 13.2 Å². The van der Waals surface area contributed by atoms with Crippen LogP contribution in [0.1, 0.15) is 25.7 Å². The van der Waals surface area contributed by atoms with Crippen molar-refractivity contribution < 1.29 is 13.2 Å². The van der Waals surface area contributed by atoms with E-state index in [0.717, 1.165) is 32.5 Å². The third kappa shape index (κ3) is 6.33. The molecule has 1 N–H and O–H groups in total. The molecule has 0 atom stereocenters. The van der Waals surface area contributed by atoms with Crippen LogP contribution in [0, 0.1) is 5.92 Å². The highest BCUT2D eigenvalue weighted by Gasteiger charge is 2.25. The third-order valence-corrected chi connectivity index (χ3v) is 3.08. The number of hydrogen-bond donors (Lipinski definition) is 1. The lowest BCUT2D eigenvalue weighted by molar-refractivity contribution is -0.135. The summed E-state index contributed by atoms with van der Waals surface area (Å²) in [6.45, 7) is 3.56. The Hall–Kier alpha value is -0.290. The number of nitrogens with zero attached hydrogens (tertiary/aromatic N) is 1. The van der Waals surface area contributed by atoms with Gasteiger partial charge in [-0.15, -0.1) is 0 Å². The average molecular weight is 238 g/mol. The Kier molecular flexibility index (Phi) is 5.55. The number of likely N-dealkylation sites (tertiary alicyclic amines) is 1. The van der Waals surface area contributed by atoms with Crippen molar-refractivity contribution in [3.8, 4) is 0 Å². The number of hydrogen-bond acceptors (Lipinski definition) is 2. The molecule has 1 heterocycles. The van der Waals surface area contributed by atoms with E-state index in [0.29, 0.717) is 12.5 Å². The molecule has 0 amide bonds. The Labute approximate surface area is 95.2 Å². The monoisotopic (exact) mass is 238 g/mol. The van der Waals surface area contributed by atoms with E-state index >= 15 is 0 Å². The standard InChI is InChI=1S/C11H21F3N2/c1-16-7-3-10(4-8-16)9-15-6-2-5-11(12,13)14/h10,15H,2-9H2,1H3. The van der Waals surface area contributed by atoms with Crippen molar-refractivity contribution in [3.63, 3.8) is 0 Å². The Morgan fingerprint density at radius 3 is 2.44 bits per heavy atom. The smallest absolute Gasteiger partial charge is 0.316 e. The van der Waals surface area contributed by atoms with Crippen LogP contribution in [0.25, 0.3) is 0 Å². The minimum Gasteiger partial charge on any atom is -0.316 e. The second-order valence-electron chi connectivity index (χ2n) is 4.67. The quantitative estimate of drug-likeness (QED) is 0.739. The van der Waals surface area contributed by atoms with E-state index in [-0.39, 0.29) is 6.42 Å².